The molecular weight excluding hydrogens is 512 g/mol. The molecule has 4 rings (SSSR count). The molecule has 1 fully saturated rings. The first-order valence-electron chi connectivity index (χ1n) is 11.5. The van der Waals surface area contributed by atoms with Crippen LogP contribution in [0.15, 0.2) is 76.6 Å². The Morgan fingerprint density at radius 1 is 1.05 bits per heavy atom. The molecular formula is C28H25ClN2O5S. The SMILES string of the molecule is CCOC(=O)c1ccc(N=C2S/C(=C\c3ccc(OCc4ccc(Cl)cc4)c(OC)c3)C(=O)N2C)cc1. The van der Waals surface area contributed by atoms with Crippen molar-refractivity contribution in [3.63, 3.8) is 0 Å². The van der Waals surface area contributed by atoms with E-state index >= 15 is 0 Å². The zero-order valence-corrected chi connectivity index (χ0v) is 22.1. The minimum Gasteiger partial charge on any atom is -0.493 e. The van der Waals surface area contributed by atoms with E-state index in [1.807, 2.05) is 42.5 Å². The van der Waals surface area contributed by atoms with Crippen LogP contribution in [0.1, 0.15) is 28.4 Å². The van der Waals surface area contributed by atoms with Crippen LogP contribution in [0.5, 0.6) is 11.5 Å². The number of amides is 1. The van der Waals surface area contributed by atoms with E-state index in [1.54, 1.807) is 51.4 Å². The third-order valence-corrected chi connectivity index (χ3v) is 6.71. The normalized spacial score (nSPS) is 15.4. The molecule has 7 nitrogen and oxygen atoms in total. The highest BCUT2D eigenvalue weighted by molar-refractivity contribution is 8.18. The molecule has 0 aliphatic carbocycles. The van der Waals surface area contributed by atoms with Gasteiger partial charge in [0, 0.05) is 12.1 Å². The third-order valence-electron chi connectivity index (χ3n) is 5.40. The topological polar surface area (TPSA) is 77.4 Å². The Morgan fingerprint density at radius 3 is 2.46 bits per heavy atom. The van der Waals surface area contributed by atoms with Crippen molar-refractivity contribution in [3.05, 3.63) is 93.3 Å². The van der Waals surface area contributed by atoms with Crippen LogP contribution in [-0.4, -0.2) is 42.7 Å². The molecule has 0 unspecified atom stereocenters. The van der Waals surface area contributed by atoms with Crippen LogP contribution >= 0.6 is 23.4 Å². The first kappa shape index (κ1) is 26.3. The van der Waals surface area contributed by atoms with Crippen molar-refractivity contribution in [1.29, 1.82) is 0 Å². The number of nitrogens with zero attached hydrogens (tertiary/aromatic N) is 2. The lowest BCUT2D eigenvalue weighted by molar-refractivity contribution is -0.121. The van der Waals surface area contributed by atoms with Crippen molar-refractivity contribution in [2.24, 2.45) is 4.99 Å². The molecule has 0 spiro atoms. The van der Waals surface area contributed by atoms with Gasteiger partial charge in [-0.25, -0.2) is 9.79 Å². The zero-order valence-electron chi connectivity index (χ0n) is 20.6. The molecule has 0 N–H and O–H groups in total. The molecule has 0 bridgehead atoms. The lowest BCUT2D eigenvalue weighted by Gasteiger charge is -2.11. The lowest BCUT2D eigenvalue weighted by Crippen LogP contribution is -2.23. The number of thioether (sulfide) groups is 1. The van der Waals surface area contributed by atoms with Crippen LogP contribution in [0.25, 0.3) is 6.08 Å². The number of benzene rings is 3. The molecule has 1 amide bonds. The maximum atomic E-state index is 12.9. The Balaban J connectivity index is 1.48. The molecule has 0 saturated carbocycles. The Labute approximate surface area is 224 Å². The smallest absolute Gasteiger partial charge is 0.338 e. The minimum atomic E-state index is -0.383. The second kappa shape index (κ2) is 12.0. The number of halogens is 1. The van der Waals surface area contributed by atoms with Gasteiger partial charge in [-0.05, 0) is 84.4 Å². The van der Waals surface area contributed by atoms with E-state index in [-0.39, 0.29) is 11.9 Å². The van der Waals surface area contributed by atoms with Crippen LogP contribution < -0.4 is 9.47 Å². The molecule has 0 atom stereocenters. The summed E-state index contributed by atoms with van der Waals surface area (Å²) in [5.74, 6) is 0.610. The van der Waals surface area contributed by atoms with Gasteiger partial charge in [0.05, 0.1) is 29.9 Å². The zero-order chi connectivity index (χ0) is 26.4. The van der Waals surface area contributed by atoms with Crippen molar-refractivity contribution < 1.29 is 23.8 Å². The molecule has 1 heterocycles. The number of carbonyl (C=O) groups excluding carboxylic acids is 2. The van der Waals surface area contributed by atoms with E-state index in [4.69, 9.17) is 25.8 Å². The van der Waals surface area contributed by atoms with Crippen molar-refractivity contribution in [2.75, 3.05) is 20.8 Å². The number of methoxy groups -OCH3 is 1. The molecule has 0 aromatic heterocycles. The second-order valence-corrected chi connectivity index (χ2v) is 9.41. The largest absolute Gasteiger partial charge is 0.493 e. The number of rotatable bonds is 8. The van der Waals surface area contributed by atoms with Gasteiger partial charge in [-0.3, -0.25) is 9.69 Å². The second-order valence-electron chi connectivity index (χ2n) is 7.96. The van der Waals surface area contributed by atoms with Crippen LogP contribution in [0.4, 0.5) is 5.69 Å². The highest BCUT2D eigenvalue weighted by Crippen LogP contribution is 2.35. The van der Waals surface area contributed by atoms with E-state index in [0.29, 0.717) is 51.1 Å². The molecule has 0 radical (unpaired) electrons. The lowest BCUT2D eigenvalue weighted by atomic mass is 10.2. The summed E-state index contributed by atoms with van der Waals surface area (Å²) in [4.78, 5) is 31.3. The summed E-state index contributed by atoms with van der Waals surface area (Å²) in [5, 5.41) is 1.21. The van der Waals surface area contributed by atoms with Gasteiger partial charge in [-0.15, -0.1) is 0 Å². The fourth-order valence-electron chi connectivity index (χ4n) is 3.43. The van der Waals surface area contributed by atoms with E-state index in [0.717, 1.165) is 11.1 Å². The predicted molar refractivity (Wildman–Crippen MR) is 147 cm³/mol. The van der Waals surface area contributed by atoms with E-state index in [9.17, 15) is 9.59 Å². The Hall–Kier alpha value is -3.75. The average Bonchev–Trinajstić information content (AvgIpc) is 3.16. The summed E-state index contributed by atoms with van der Waals surface area (Å²) in [6.45, 7) is 2.44. The maximum absolute atomic E-state index is 12.9. The van der Waals surface area contributed by atoms with E-state index < -0.39 is 0 Å². The number of ether oxygens (including phenoxy) is 3. The summed E-state index contributed by atoms with van der Waals surface area (Å²) < 4.78 is 16.4. The summed E-state index contributed by atoms with van der Waals surface area (Å²) >= 11 is 7.21. The molecule has 3 aromatic carbocycles. The first-order valence-corrected chi connectivity index (χ1v) is 12.7. The number of aliphatic imine (C=N–C) groups is 1. The van der Waals surface area contributed by atoms with Crippen LogP contribution in [0.2, 0.25) is 5.02 Å². The highest BCUT2D eigenvalue weighted by atomic mass is 35.5. The van der Waals surface area contributed by atoms with Crippen molar-refractivity contribution in [3.8, 4) is 11.5 Å². The average molecular weight is 537 g/mol. The van der Waals surface area contributed by atoms with Gasteiger partial charge in [-0.2, -0.15) is 0 Å². The van der Waals surface area contributed by atoms with Crippen molar-refractivity contribution in [2.45, 2.75) is 13.5 Å². The van der Waals surface area contributed by atoms with Gasteiger partial charge >= 0.3 is 5.97 Å². The summed E-state index contributed by atoms with van der Waals surface area (Å²) in [6.07, 6.45) is 1.79. The molecule has 9 heteroatoms. The van der Waals surface area contributed by atoms with Gasteiger partial charge in [0.25, 0.3) is 5.91 Å². The van der Waals surface area contributed by atoms with E-state index in [2.05, 4.69) is 4.99 Å². The Kier molecular flexibility index (Phi) is 8.53. The number of esters is 1. The van der Waals surface area contributed by atoms with Crippen LogP contribution in [0, 0.1) is 0 Å². The van der Waals surface area contributed by atoms with Gasteiger partial charge in [-0.1, -0.05) is 29.8 Å². The number of amidine groups is 1. The molecule has 190 valence electrons. The molecule has 1 saturated heterocycles. The number of hydrogen-bond donors (Lipinski definition) is 0. The standard InChI is InChI=1S/C28H25ClN2O5S/c1-4-35-27(33)20-8-12-22(13-9-20)30-28-31(2)26(32)25(37-28)16-19-7-14-23(24(15-19)34-3)36-17-18-5-10-21(29)11-6-18/h5-16H,4,17H2,1-3H3/b25-16-,30-28?. The Bertz CT molecular complexity index is 1350. The molecule has 1 aliphatic rings. The Morgan fingerprint density at radius 2 is 1.78 bits per heavy atom. The van der Waals surface area contributed by atoms with Crippen LogP contribution in [0.3, 0.4) is 0 Å². The van der Waals surface area contributed by atoms with Crippen molar-refractivity contribution in [1.82, 2.24) is 4.90 Å². The summed E-state index contributed by atoms with van der Waals surface area (Å²) in [6, 6.07) is 19.7. The number of carbonyl (C=O) groups is 2. The minimum absolute atomic E-state index is 0.158. The number of likely N-dealkylation sites (N-methyl/N-ethyl adjacent to an activating group) is 1. The summed E-state index contributed by atoms with van der Waals surface area (Å²) in [7, 11) is 3.25. The highest BCUT2D eigenvalue weighted by Gasteiger charge is 2.30. The monoisotopic (exact) mass is 536 g/mol. The maximum Gasteiger partial charge on any atom is 0.338 e. The van der Waals surface area contributed by atoms with Crippen molar-refractivity contribution >= 4 is 52.2 Å². The molecule has 3 aromatic rings. The van der Waals surface area contributed by atoms with Gasteiger partial charge in [0.2, 0.25) is 0 Å². The predicted octanol–water partition coefficient (Wildman–Crippen LogP) is 6.34. The fourth-order valence-corrected chi connectivity index (χ4v) is 4.55. The van der Waals surface area contributed by atoms with Gasteiger partial charge in [0.1, 0.15) is 6.61 Å². The fraction of sp³-hybridized carbons (Fsp3) is 0.179. The van der Waals surface area contributed by atoms with Gasteiger partial charge < -0.3 is 14.2 Å². The first-order chi connectivity index (χ1) is 17.9. The molecule has 1 aliphatic heterocycles. The molecule has 37 heavy (non-hydrogen) atoms. The third kappa shape index (κ3) is 6.53. The number of hydrogen-bond acceptors (Lipinski definition) is 7. The van der Waals surface area contributed by atoms with Gasteiger partial charge in [0.15, 0.2) is 16.7 Å². The van der Waals surface area contributed by atoms with E-state index in [1.165, 1.54) is 16.7 Å². The van der Waals surface area contributed by atoms with Crippen LogP contribution in [-0.2, 0) is 16.1 Å². The quantitative estimate of drug-likeness (QED) is 0.247. The summed E-state index contributed by atoms with van der Waals surface area (Å²) in [5.41, 5.74) is 2.85.